The molecule has 0 aliphatic carbocycles. The lowest BCUT2D eigenvalue weighted by molar-refractivity contribution is 0.0992. The maximum absolute atomic E-state index is 5.89. The van der Waals surface area contributed by atoms with Crippen LogP contribution in [0.3, 0.4) is 0 Å². The Morgan fingerprint density at radius 2 is 2.44 bits per heavy atom. The number of thiophene rings is 1. The van der Waals surface area contributed by atoms with Gasteiger partial charge in [-0.25, -0.2) is 0 Å². The van der Waals surface area contributed by atoms with Crippen molar-refractivity contribution in [1.82, 2.24) is 4.90 Å². The Balaban J connectivity index is 2.02. The van der Waals surface area contributed by atoms with Gasteiger partial charge in [-0.2, -0.15) is 0 Å². The van der Waals surface area contributed by atoms with Gasteiger partial charge < -0.3 is 5.73 Å². The Kier molecular flexibility index (Phi) is 4.41. The second kappa shape index (κ2) is 5.63. The molecule has 2 rings (SSSR count). The molecule has 4 heteroatoms. The van der Waals surface area contributed by atoms with Crippen LogP contribution in [0.15, 0.2) is 15.2 Å². The van der Waals surface area contributed by atoms with Gasteiger partial charge in [-0.3, -0.25) is 4.90 Å². The summed E-state index contributed by atoms with van der Waals surface area (Å²) in [5, 5.41) is 2.23. The third-order valence-corrected chi connectivity index (χ3v) is 5.03. The van der Waals surface area contributed by atoms with Crippen molar-refractivity contribution in [3.8, 4) is 0 Å². The highest BCUT2D eigenvalue weighted by Gasteiger charge is 2.27. The van der Waals surface area contributed by atoms with E-state index in [-0.39, 0.29) is 0 Å². The fraction of sp³-hybridized carbons (Fsp3) is 0.667. The number of nitrogens with two attached hydrogens (primary N) is 1. The summed E-state index contributed by atoms with van der Waals surface area (Å²) in [5.74, 6) is 0.737. The predicted octanol–water partition coefficient (Wildman–Crippen LogP) is 3.07. The SMILES string of the molecule is CC1CCCN(Cc2csc(Br)c2)C1CN. The lowest BCUT2D eigenvalue weighted by atomic mass is 9.90. The van der Waals surface area contributed by atoms with Crippen LogP contribution in [-0.4, -0.2) is 24.0 Å². The van der Waals surface area contributed by atoms with E-state index >= 15 is 0 Å². The Morgan fingerprint density at radius 1 is 1.62 bits per heavy atom. The number of likely N-dealkylation sites (tertiary alicyclic amines) is 1. The number of rotatable bonds is 3. The van der Waals surface area contributed by atoms with Crippen molar-refractivity contribution >= 4 is 27.3 Å². The molecular weight excluding hydrogens is 284 g/mol. The number of hydrogen-bond acceptors (Lipinski definition) is 3. The van der Waals surface area contributed by atoms with Crippen LogP contribution in [0.4, 0.5) is 0 Å². The molecule has 1 aliphatic heterocycles. The molecule has 1 saturated heterocycles. The molecule has 1 aromatic rings. The van der Waals surface area contributed by atoms with Gasteiger partial charge in [0.2, 0.25) is 0 Å². The topological polar surface area (TPSA) is 29.3 Å². The van der Waals surface area contributed by atoms with Crippen LogP contribution in [-0.2, 0) is 6.54 Å². The van der Waals surface area contributed by atoms with Crippen LogP contribution in [0.1, 0.15) is 25.3 Å². The summed E-state index contributed by atoms with van der Waals surface area (Å²) in [6.45, 7) is 5.35. The van der Waals surface area contributed by atoms with Gasteiger partial charge in [0.25, 0.3) is 0 Å². The summed E-state index contributed by atoms with van der Waals surface area (Å²) in [7, 11) is 0. The van der Waals surface area contributed by atoms with Crippen molar-refractivity contribution in [2.24, 2.45) is 11.7 Å². The highest BCUT2D eigenvalue weighted by atomic mass is 79.9. The first-order valence-electron chi connectivity index (χ1n) is 5.87. The standard InChI is InChI=1S/C12H19BrN2S/c1-9-3-2-4-15(11(9)6-14)7-10-5-12(13)16-8-10/h5,8-9,11H,2-4,6-7,14H2,1H3. The van der Waals surface area contributed by atoms with Crippen molar-refractivity contribution in [2.45, 2.75) is 32.4 Å². The minimum absolute atomic E-state index is 0.562. The second-order valence-corrected chi connectivity index (χ2v) is 6.94. The van der Waals surface area contributed by atoms with Gasteiger partial charge >= 0.3 is 0 Å². The molecule has 16 heavy (non-hydrogen) atoms. The zero-order valence-electron chi connectivity index (χ0n) is 9.66. The fourth-order valence-electron chi connectivity index (χ4n) is 2.58. The number of nitrogens with zero attached hydrogens (tertiary/aromatic N) is 1. The summed E-state index contributed by atoms with van der Waals surface area (Å²) in [4.78, 5) is 2.54. The van der Waals surface area contributed by atoms with Gasteiger partial charge in [-0.15, -0.1) is 11.3 Å². The third-order valence-electron chi connectivity index (χ3n) is 3.48. The summed E-state index contributed by atoms with van der Waals surface area (Å²) in [5.41, 5.74) is 7.30. The molecule has 0 spiro atoms. The summed E-state index contributed by atoms with van der Waals surface area (Å²) in [6, 6.07) is 2.78. The quantitative estimate of drug-likeness (QED) is 0.930. The molecule has 0 radical (unpaired) electrons. The van der Waals surface area contributed by atoms with Crippen LogP contribution in [0.5, 0.6) is 0 Å². The molecule has 0 aromatic carbocycles. The third kappa shape index (κ3) is 2.86. The lowest BCUT2D eigenvalue weighted by Crippen LogP contribution is -2.47. The molecule has 1 fully saturated rings. The van der Waals surface area contributed by atoms with Crippen LogP contribution >= 0.6 is 27.3 Å². The van der Waals surface area contributed by atoms with E-state index in [2.05, 4.69) is 39.2 Å². The van der Waals surface area contributed by atoms with Crippen molar-refractivity contribution in [3.05, 3.63) is 20.8 Å². The van der Waals surface area contributed by atoms with Crippen LogP contribution in [0.25, 0.3) is 0 Å². The van der Waals surface area contributed by atoms with Crippen LogP contribution in [0, 0.1) is 5.92 Å². The average Bonchev–Trinajstić information content (AvgIpc) is 2.64. The normalized spacial score (nSPS) is 27.2. The Hall–Kier alpha value is 0.1000. The summed E-state index contributed by atoms with van der Waals surface area (Å²) in [6.07, 6.45) is 2.63. The largest absolute Gasteiger partial charge is 0.329 e. The van der Waals surface area contributed by atoms with E-state index < -0.39 is 0 Å². The van der Waals surface area contributed by atoms with E-state index in [4.69, 9.17) is 5.73 Å². The van der Waals surface area contributed by atoms with Gasteiger partial charge in [0.1, 0.15) is 0 Å². The average molecular weight is 303 g/mol. The highest BCUT2D eigenvalue weighted by Crippen LogP contribution is 2.27. The Morgan fingerprint density at radius 3 is 3.06 bits per heavy atom. The molecule has 1 aromatic heterocycles. The van der Waals surface area contributed by atoms with Crippen molar-refractivity contribution in [1.29, 1.82) is 0 Å². The summed E-state index contributed by atoms with van der Waals surface area (Å²) >= 11 is 5.28. The minimum atomic E-state index is 0.562. The molecule has 2 atom stereocenters. The van der Waals surface area contributed by atoms with Gasteiger partial charge in [0, 0.05) is 19.1 Å². The van der Waals surface area contributed by atoms with E-state index in [0.717, 1.165) is 19.0 Å². The molecule has 2 unspecified atom stereocenters. The Labute approximate surface area is 110 Å². The van der Waals surface area contributed by atoms with Crippen molar-refractivity contribution in [2.75, 3.05) is 13.1 Å². The maximum Gasteiger partial charge on any atom is 0.0701 e. The first-order chi connectivity index (χ1) is 7.70. The molecule has 2 nitrogen and oxygen atoms in total. The minimum Gasteiger partial charge on any atom is -0.329 e. The molecule has 0 saturated carbocycles. The zero-order valence-corrected chi connectivity index (χ0v) is 12.1. The van der Waals surface area contributed by atoms with E-state index in [0.29, 0.717) is 6.04 Å². The van der Waals surface area contributed by atoms with Crippen molar-refractivity contribution in [3.63, 3.8) is 0 Å². The van der Waals surface area contributed by atoms with E-state index in [9.17, 15) is 0 Å². The monoisotopic (exact) mass is 302 g/mol. The first-order valence-corrected chi connectivity index (χ1v) is 7.55. The fourth-order valence-corrected chi connectivity index (χ4v) is 3.78. The maximum atomic E-state index is 5.89. The number of piperidine rings is 1. The van der Waals surface area contributed by atoms with E-state index in [1.54, 1.807) is 11.3 Å². The van der Waals surface area contributed by atoms with Crippen LogP contribution in [0.2, 0.25) is 0 Å². The first kappa shape index (κ1) is 12.6. The van der Waals surface area contributed by atoms with Crippen molar-refractivity contribution < 1.29 is 0 Å². The molecule has 2 N–H and O–H groups in total. The second-order valence-electron chi connectivity index (χ2n) is 4.65. The van der Waals surface area contributed by atoms with Gasteiger partial charge in [-0.05, 0) is 58.2 Å². The Bertz CT molecular complexity index is 340. The summed E-state index contributed by atoms with van der Waals surface area (Å²) < 4.78 is 1.22. The molecular formula is C12H19BrN2S. The lowest BCUT2D eigenvalue weighted by Gasteiger charge is -2.39. The van der Waals surface area contributed by atoms with Gasteiger partial charge in [0.05, 0.1) is 3.79 Å². The van der Waals surface area contributed by atoms with Gasteiger partial charge in [0.15, 0.2) is 0 Å². The zero-order chi connectivity index (χ0) is 11.5. The highest BCUT2D eigenvalue weighted by molar-refractivity contribution is 9.11. The van der Waals surface area contributed by atoms with E-state index in [1.807, 2.05) is 0 Å². The number of halogens is 1. The predicted molar refractivity (Wildman–Crippen MR) is 73.7 cm³/mol. The molecule has 2 heterocycles. The smallest absolute Gasteiger partial charge is 0.0701 e. The van der Waals surface area contributed by atoms with Gasteiger partial charge in [-0.1, -0.05) is 6.92 Å². The number of hydrogen-bond donors (Lipinski definition) is 1. The molecule has 0 bridgehead atoms. The van der Waals surface area contributed by atoms with E-state index in [1.165, 1.54) is 28.7 Å². The molecule has 1 aliphatic rings. The van der Waals surface area contributed by atoms with Crippen LogP contribution < -0.4 is 5.73 Å². The molecule has 0 amide bonds. The molecule has 90 valence electrons.